The van der Waals surface area contributed by atoms with Gasteiger partial charge in [0, 0.05) is 24.7 Å². The summed E-state index contributed by atoms with van der Waals surface area (Å²) in [5, 5.41) is 1.30. The van der Waals surface area contributed by atoms with E-state index >= 15 is 0 Å². The first-order valence-electron chi connectivity index (χ1n) is 3.94. The van der Waals surface area contributed by atoms with Gasteiger partial charge in [-0.05, 0) is 14.1 Å². The highest BCUT2D eigenvalue weighted by atomic mass is 35.5. The summed E-state index contributed by atoms with van der Waals surface area (Å²) in [4.78, 5) is 10.2. The Morgan fingerprint density at radius 2 is 2.08 bits per heavy atom. The lowest BCUT2D eigenvalue weighted by Crippen LogP contribution is -2.14. The topological polar surface area (TPSA) is 29.0 Å². The van der Waals surface area contributed by atoms with Gasteiger partial charge in [0.1, 0.15) is 5.03 Å². The van der Waals surface area contributed by atoms with Gasteiger partial charge in [-0.2, -0.15) is 0 Å². The Balaban J connectivity index is 2.41. The summed E-state index contributed by atoms with van der Waals surface area (Å²) in [6.07, 6.45) is 3.25. The highest BCUT2D eigenvalue weighted by molar-refractivity contribution is 7.99. The molecule has 0 aliphatic heterocycles. The van der Waals surface area contributed by atoms with Crippen LogP contribution in [0.15, 0.2) is 17.4 Å². The molecule has 0 radical (unpaired) electrons. The minimum Gasteiger partial charge on any atom is -0.309 e. The Bertz CT molecular complexity index is 267. The third kappa shape index (κ3) is 3.93. The molecule has 0 aliphatic rings. The second-order valence-corrected chi connectivity index (χ2v) is 4.25. The molecular formula is C8H12ClN3S. The number of halogens is 1. The summed E-state index contributed by atoms with van der Waals surface area (Å²) in [7, 11) is 4.08. The summed E-state index contributed by atoms with van der Waals surface area (Å²) in [6, 6.07) is 0. The van der Waals surface area contributed by atoms with Gasteiger partial charge in [0.05, 0.1) is 0 Å². The van der Waals surface area contributed by atoms with Gasteiger partial charge in [-0.15, -0.1) is 11.8 Å². The summed E-state index contributed by atoms with van der Waals surface area (Å²) in [5.74, 6) is 0.978. The minimum atomic E-state index is 0.492. The van der Waals surface area contributed by atoms with Crippen molar-refractivity contribution in [1.29, 1.82) is 0 Å². The van der Waals surface area contributed by atoms with Crippen molar-refractivity contribution in [3.8, 4) is 0 Å². The molecule has 0 N–H and O–H groups in total. The molecule has 1 rings (SSSR count). The normalized spacial score (nSPS) is 10.8. The van der Waals surface area contributed by atoms with Gasteiger partial charge in [-0.1, -0.05) is 11.6 Å². The van der Waals surface area contributed by atoms with Crippen LogP contribution < -0.4 is 0 Å². The lowest BCUT2D eigenvalue weighted by Gasteiger charge is -2.08. The zero-order chi connectivity index (χ0) is 9.68. The molecule has 0 saturated carbocycles. The molecule has 0 unspecified atom stereocenters. The van der Waals surface area contributed by atoms with Gasteiger partial charge in [-0.3, -0.25) is 0 Å². The highest BCUT2D eigenvalue weighted by Crippen LogP contribution is 2.21. The van der Waals surface area contributed by atoms with Crippen molar-refractivity contribution in [2.75, 3.05) is 26.4 Å². The van der Waals surface area contributed by atoms with Crippen LogP contribution >= 0.6 is 23.4 Å². The molecule has 5 heteroatoms. The van der Waals surface area contributed by atoms with Gasteiger partial charge in [0.15, 0.2) is 5.15 Å². The number of hydrogen-bond donors (Lipinski definition) is 0. The first-order valence-corrected chi connectivity index (χ1v) is 5.30. The van der Waals surface area contributed by atoms with Crippen LogP contribution in [-0.2, 0) is 0 Å². The average Bonchev–Trinajstić information content (AvgIpc) is 2.08. The van der Waals surface area contributed by atoms with Crippen LogP contribution in [0.2, 0.25) is 5.15 Å². The summed E-state index contributed by atoms with van der Waals surface area (Å²) >= 11 is 7.46. The summed E-state index contributed by atoms with van der Waals surface area (Å²) < 4.78 is 0. The fraction of sp³-hybridized carbons (Fsp3) is 0.500. The van der Waals surface area contributed by atoms with Crippen LogP contribution in [0, 0.1) is 0 Å². The van der Waals surface area contributed by atoms with Crippen LogP contribution in [0.4, 0.5) is 0 Å². The molecule has 0 bridgehead atoms. The molecule has 1 aromatic heterocycles. The Hall–Kier alpha value is -0.320. The molecular weight excluding hydrogens is 206 g/mol. The van der Waals surface area contributed by atoms with E-state index in [9.17, 15) is 0 Å². The van der Waals surface area contributed by atoms with Gasteiger partial charge >= 0.3 is 0 Å². The molecule has 0 spiro atoms. The second-order valence-electron chi connectivity index (χ2n) is 2.80. The molecule has 1 aromatic rings. The SMILES string of the molecule is CN(C)CCSc1nccnc1Cl. The van der Waals surface area contributed by atoms with Crippen LogP contribution in [0.3, 0.4) is 0 Å². The number of hydrogen-bond acceptors (Lipinski definition) is 4. The molecule has 3 nitrogen and oxygen atoms in total. The maximum Gasteiger partial charge on any atom is 0.161 e. The maximum atomic E-state index is 5.83. The number of rotatable bonds is 4. The van der Waals surface area contributed by atoms with Crippen LogP contribution in [-0.4, -0.2) is 41.3 Å². The summed E-state index contributed by atoms with van der Waals surface area (Å²) in [5.41, 5.74) is 0. The second kappa shape index (κ2) is 5.42. The van der Waals surface area contributed by atoms with Crippen molar-refractivity contribution >= 4 is 23.4 Å². The molecule has 0 atom stereocenters. The van der Waals surface area contributed by atoms with Crippen LogP contribution in [0.25, 0.3) is 0 Å². The van der Waals surface area contributed by atoms with E-state index in [-0.39, 0.29) is 0 Å². The fourth-order valence-electron chi connectivity index (χ4n) is 0.730. The third-order valence-corrected chi connectivity index (χ3v) is 2.75. The molecule has 1 heterocycles. The van der Waals surface area contributed by atoms with E-state index in [0.29, 0.717) is 5.15 Å². The molecule has 0 fully saturated rings. The Labute approximate surface area is 87.5 Å². The standard InChI is InChI=1S/C8H12ClN3S/c1-12(2)5-6-13-8-7(9)10-3-4-11-8/h3-4H,5-6H2,1-2H3. The highest BCUT2D eigenvalue weighted by Gasteiger charge is 2.02. The van der Waals surface area contributed by atoms with Gasteiger partial charge in [0.2, 0.25) is 0 Å². The van der Waals surface area contributed by atoms with E-state index in [2.05, 4.69) is 14.9 Å². The van der Waals surface area contributed by atoms with Gasteiger partial charge in [-0.25, -0.2) is 9.97 Å². The third-order valence-electron chi connectivity index (χ3n) is 1.40. The van der Waals surface area contributed by atoms with E-state index < -0.39 is 0 Å². The van der Waals surface area contributed by atoms with Gasteiger partial charge in [0.25, 0.3) is 0 Å². The van der Waals surface area contributed by atoms with Crippen LogP contribution in [0.1, 0.15) is 0 Å². The van der Waals surface area contributed by atoms with Crippen molar-refractivity contribution in [2.45, 2.75) is 5.03 Å². The zero-order valence-electron chi connectivity index (χ0n) is 7.70. The predicted octanol–water partition coefficient (Wildman–Crippen LogP) is 1.78. The van der Waals surface area contributed by atoms with E-state index in [0.717, 1.165) is 17.3 Å². The molecule has 72 valence electrons. The van der Waals surface area contributed by atoms with Crippen molar-refractivity contribution in [3.63, 3.8) is 0 Å². The van der Waals surface area contributed by atoms with Crippen LogP contribution in [0.5, 0.6) is 0 Å². The maximum absolute atomic E-state index is 5.83. The van der Waals surface area contributed by atoms with E-state index in [1.165, 1.54) is 0 Å². The molecule has 0 amide bonds. The molecule has 0 aromatic carbocycles. The fourth-order valence-corrected chi connectivity index (χ4v) is 1.96. The Morgan fingerprint density at radius 3 is 2.69 bits per heavy atom. The number of thioether (sulfide) groups is 1. The Morgan fingerprint density at radius 1 is 1.38 bits per heavy atom. The first-order chi connectivity index (χ1) is 6.20. The lowest BCUT2D eigenvalue weighted by molar-refractivity contribution is 0.437. The number of nitrogens with zero attached hydrogens (tertiary/aromatic N) is 3. The summed E-state index contributed by atoms with van der Waals surface area (Å²) in [6.45, 7) is 1.01. The smallest absolute Gasteiger partial charge is 0.161 e. The lowest BCUT2D eigenvalue weighted by atomic mass is 10.7. The molecule has 0 saturated heterocycles. The van der Waals surface area contributed by atoms with E-state index in [4.69, 9.17) is 11.6 Å². The largest absolute Gasteiger partial charge is 0.309 e. The first kappa shape index (κ1) is 10.8. The van der Waals surface area contributed by atoms with Gasteiger partial charge < -0.3 is 4.90 Å². The monoisotopic (exact) mass is 217 g/mol. The molecule has 0 aliphatic carbocycles. The van der Waals surface area contributed by atoms with Crippen molar-refractivity contribution < 1.29 is 0 Å². The average molecular weight is 218 g/mol. The van der Waals surface area contributed by atoms with E-state index in [1.807, 2.05) is 14.1 Å². The van der Waals surface area contributed by atoms with Crippen molar-refractivity contribution in [3.05, 3.63) is 17.5 Å². The predicted molar refractivity (Wildman–Crippen MR) is 56.3 cm³/mol. The van der Waals surface area contributed by atoms with Crippen molar-refractivity contribution in [2.24, 2.45) is 0 Å². The molecule has 13 heavy (non-hydrogen) atoms. The Kier molecular flexibility index (Phi) is 4.48. The van der Waals surface area contributed by atoms with Crippen molar-refractivity contribution in [1.82, 2.24) is 14.9 Å². The quantitative estimate of drug-likeness (QED) is 0.720. The zero-order valence-corrected chi connectivity index (χ0v) is 9.27. The minimum absolute atomic E-state index is 0.492. The number of aromatic nitrogens is 2. The van der Waals surface area contributed by atoms with E-state index in [1.54, 1.807) is 24.2 Å².